The number of hydrogen-bond donors (Lipinski definition) is 2. The summed E-state index contributed by atoms with van der Waals surface area (Å²) in [5, 5.41) is 12.1. The van der Waals surface area contributed by atoms with Gasteiger partial charge in [0.25, 0.3) is 11.5 Å². The number of carboxylic acid groups (broad SMARTS) is 1. The summed E-state index contributed by atoms with van der Waals surface area (Å²) in [5.41, 5.74) is 0.640. The highest BCUT2D eigenvalue weighted by molar-refractivity contribution is 5.98. The van der Waals surface area contributed by atoms with E-state index in [2.05, 4.69) is 5.32 Å². The second-order valence-electron chi connectivity index (χ2n) is 10.9. The first kappa shape index (κ1) is 31.0. The van der Waals surface area contributed by atoms with Crippen molar-refractivity contribution in [3.05, 3.63) is 91.0 Å². The van der Waals surface area contributed by atoms with Crippen molar-refractivity contribution in [3.63, 3.8) is 0 Å². The van der Waals surface area contributed by atoms with Crippen molar-refractivity contribution in [2.24, 2.45) is 7.05 Å². The minimum atomic E-state index is -4.62. The number of benzene rings is 2. The quantitative estimate of drug-likeness (QED) is 0.391. The average molecular weight is 619 g/mol. The van der Waals surface area contributed by atoms with E-state index in [-0.39, 0.29) is 30.8 Å². The second-order valence-corrected chi connectivity index (χ2v) is 10.9. The molecule has 1 saturated heterocycles. The molecular weight excluding hydrogens is 588 g/mol. The summed E-state index contributed by atoms with van der Waals surface area (Å²) in [5.74, 6) is -3.54. The molecule has 1 aliphatic heterocycles. The number of hydrogen-bond acceptors (Lipinski definition) is 6. The lowest BCUT2D eigenvalue weighted by atomic mass is 10.0. The molecule has 14 heteroatoms. The van der Waals surface area contributed by atoms with Gasteiger partial charge < -0.3 is 24.6 Å². The van der Waals surface area contributed by atoms with Crippen LogP contribution in [0.15, 0.2) is 46.0 Å². The molecule has 5 rings (SSSR count). The van der Waals surface area contributed by atoms with Crippen LogP contribution in [0.5, 0.6) is 0 Å². The van der Waals surface area contributed by atoms with E-state index in [0.29, 0.717) is 29.7 Å². The first-order valence-electron chi connectivity index (χ1n) is 14.0. The lowest BCUT2D eigenvalue weighted by molar-refractivity contribution is -0.167. The van der Waals surface area contributed by atoms with Crippen LogP contribution < -0.4 is 21.5 Å². The Balaban J connectivity index is 1.34. The maximum atomic E-state index is 15.2. The third-order valence-corrected chi connectivity index (χ3v) is 8.11. The van der Waals surface area contributed by atoms with Crippen molar-refractivity contribution >= 4 is 17.6 Å². The number of fused-ring (bicyclic) bond motifs is 1. The lowest BCUT2D eigenvalue weighted by Crippen LogP contribution is -2.53. The van der Waals surface area contributed by atoms with Crippen LogP contribution in [0.1, 0.15) is 39.2 Å². The molecule has 2 heterocycles. The number of aliphatic carboxylic acids is 1. The normalized spacial score (nSPS) is 17.3. The van der Waals surface area contributed by atoms with Crippen LogP contribution in [0.2, 0.25) is 0 Å². The highest BCUT2D eigenvalue weighted by Gasteiger charge is 2.45. The van der Waals surface area contributed by atoms with Crippen LogP contribution in [-0.2, 0) is 35.8 Å². The summed E-state index contributed by atoms with van der Waals surface area (Å²) in [6.07, 6.45) is -2.83. The molecule has 2 N–H and O–H groups in total. The Morgan fingerprint density at radius 1 is 1.11 bits per heavy atom. The van der Waals surface area contributed by atoms with Gasteiger partial charge in [0.1, 0.15) is 17.9 Å². The zero-order valence-corrected chi connectivity index (χ0v) is 23.9. The minimum Gasteiger partial charge on any atom is -0.480 e. The zero-order valence-electron chi connectivity index (χ0n) is 23.9. The molecule has 1 amide bonds. The van der Waals surface area contributed by atoms with Crippen LogP contribution in [0.25, 0.3) is 5.69 Å². The number of anilines is 1. The summed E-state index contributed by atoms with van der Waals surface area (Å²) in [6, 6.07) is 4.66. The molecule has 0 saturated carbocycles. The number of carboxylic acids is 1. The number of amides is 1. The van der Waals surface area contributed by atoms with Gasteiger partial charge in [-0.1, -0.05) is 12.1 Å². The molecule has 3 aromatic rings. The van der Waals surface area contributed by atoms with Crippen molar-refractivity contribution in [1.82, 2.24) is 14.5 Å². The van der Waals surface area contributed by atoms with Crippen molar-refractivity contribution in [3.8, 4) is 5.69 Å². The molecule has 1 fully saturated rings. The van der Waals surface area contributed by atoms with Crippen molar-refractivity contribution in [1.29, 1.82) is 0 Å². The highest BCUT2D eigenvalue weighted by Crippen LogP contribution is 2.33. The SMILES string of the molecule is Cc1cc(N2CCOC[C@@H]2C(F)(F)F)cc(F)c1C(=O)NC(Cc1ccc(-n2c(=O)c3c(n(C)c2=O)CCC3)cc1)C(=O)O. The summed E-state index contributed by atoms with van der Waals surface area (Å²) in [4.78, 5) is 51.9. The van der Waals surface area contributed by atoms with Crippen LogP contribution >= 0.6 is 0 Å². The number of morpholine rings is 1. The molecule has 2 aromatic carbocycles. The van der Waals surface area contributed by atoms with Crippen LogP contribution in [0.4, 0.5) is 23.2 Å². The van der Waals surface area contributed by atoms with Gasteiger partial charge in [0.2, 0.25) is 0 Å². The number of nitrogens with one attached hydrogen (secondary N) is 1. The Hall–Kier alpha value is -4.46. The monoisotopic (exact) mass is 618 g/mol. The van der Waals surface area contributed by atoms with Gasteiger partial charge in [-0.2, -0.15) is 13.2 Å². The number of nitrogens with zero attached hydrogens (tertiary/aromatic N) is 3. The van der Waals surface area contributed by atoms with Crippen LogP contribution in [-0.4, -0.2) is 64.1 Å². The number of rotatable bonds is 7. The van der Waals surface area contributed by atoms with Gasteiger partial charge in [0.05, 0.1) is 24.5 Å². The van der Waals surface area contributed by atoms with Crippen molar-refractivity contribution in [2.45, 2.75) is 50.9 Å². The molecule has 1 aliphatic carbocycles. The summed E-state index contributed by atoms with van der Waals surface area (Å²) in [7, 11) is 1.61. The predicted octanol–water partition coefficient (Wildman–Crippen LogP) is 2.67. The molecule has 1 unspecified atom stereocenters. The molecule has 10 nitrogen and oxygen atoms in total. The maximum absolute atomic E-state index is 15.2. The smallest absolute Gasteiger partial charge is 0.411 e. The Kier molecular flexibility index (Phi) is 8.38. The van der Waals surface area contributed by atoms with Crippen molar-refractivity contribution in [2.75, 3.05) is 24.7 Å². The van der Waals surface area contributed by atoms with Gasteiger partial charge in [-0.3, -0.25) is 9.59 Å². The average Bonchev–Trinajstić information content (AvgIpc) is 3.46. The van der Waals surface area contributed by atoms with E-state index in [9.17, 15) is 37.5 Å². The molecule has 0 spiro atoms. The molecule has 2 atom stereocenters. The Morgan fingerprint density at radius 3 is 2.45 bits per heavy atom. The van der Waals surface area contributed by atoms with E-state index >= 15 is 4.39 Å². The standard InChI is InChI=1S/C30H30F4N4O6/c1-16-12-19(37-10-11-44-15-24(37)30(32,33)34)14-21(31)25(16)26(39)35-22(28(41)42)13-17-6-8-18(9-7-17)38-27(40)20-4-3-5-23(20)36(2)29(38)43/h6-9,12,14,22,24H,3-5,10-11,13,15H2,1-2H3,(H,35,39)(H,41,42)/t22?,24-/m1/s1. The van der Waals surface area contributed by atoms with Gasteiger partial charge in [-0.15, -0.1) is 0 Å². The van der Waals surface area contributed by atoms with Gasteiger partial charge >= 0.3 is 17.8 Å². The Morgan fingerprint density at radius 2 is 1.82 bits per heavy atom. The number of carbonyl (C=O) groups is 2. The van der Waals surface area contributed by atoms with E-state index in [1.165, 1.54) is 41.8 Å². The molecule has 234 valence electrons. The second kappa shape index (κ2) is 11.9. The number of carbonyl (C=O) groups excluding carboxylic acids is 1. The molecular formula is C30H30F4N4O6. The number of halogens is 4. The number of aromatic nitrogens is 2. The molecule has 1 aromatic heterocycles. The molecule has 44 heavy (non-hydrogen) atoms. The largest absolute Gasteiger partial charge is 0.480 e. The van der Waals surface area contributed by atoms with E-state index in [1.807, 2.05) is 0 Å². The lowest BCUT2D eigenvalue weighted by Gasteiger charge is -2.38. The first-order valence-corrected chi connectivity index (χ1v) is 14.0. The third kappa shape index (κ3) is 5.85. The first-order chi connectivity index (χ1) is 20.8. The highest BCUT2D eigenvalue weighted by atomic mass is 19.4. The minimum absolute atomic E-state index is 0.0114. The number of ether oxygens (including phenoxy) is 1. The molecule has 2 aliphatic rings. The van der Waals surface area contributed by atoms with Crippen LogP contribution in [0, 0.1) is 12.7 Å². The summed E-state index contributed by atoms with van der Waals surface area (Å²) in [6.45, 7) is 0.611. The van der Waals surface area contributed by atoms with Gasteiger partial charge in [-0.05, 0) is 61.6 Å². The van der Waals surface area contributed by atoms with Gasteiger partial charge in [-0.25, -0.2) is 18.5 Å². The van der Waals surface area contributed by atoms with E-state index in [1.54, 1.807) is 7.05 Å². The predicted molar refractivity (Wildman–Crippen MR) is 151 cm³/mol. The van der Waals surface area contributed by atoms with Crippen molar-refractivity contribution < 1.29 is 37.0 Å². The number of aryl methyl sites for hydroxylation is 1. The van der Waals surface area contributed by atoms with Crippen LogP contribution in [0.3, 0.4) is 0 Å². The summed E-state index contributed by atoms with van der Waals surface area (Å²) < 4.78 is 63.2. The fourth-order valence-corrected chi connectivity index (χ4v) is 5.85. The van der Waals surface area contributed by atoms with E-state index in [0.717, 1.165) is 27.6 Å². The molecule has 0 radical (unpaired) electrons. The van der Waals surface area contributed by atoms with Gasteiger partial charge in [0.15, 0.2) is 0 Å². The summed E-state index contributed by atoms with van der Waals surface area (Å²) >= 11 is 0. The zero-order chi connectivity index (χ0) is 31.9. The Bertz CT molecular complexity index is 1710. The fraction of sp³-hybridized carbons (Fsp3) is 0.400. The van der Waals surface area contributed by atoms with E-state index in [4.69, 9.17) is 4.74 Å². The van der Waals surface area contributed by atoms with E-state index < -0.39 is 59.4 Å². The molecule has 0 bridgehead atoms. The maximum Gasteiger partial charge on any atom is 0.411 e. The topological polar surface area (TPSA) is 123 Å². The van der Waals surface area contributed by atoms with Gasteiger partial charge in [0, 0.05) is 37.0 Å². The number of alkyl halides is 3. The third-order valence-electron chi connectivity index (χ3n) is 8.11. The Labute approximate surface area is 248 Å². The fourth-order valence-electron chi connectivity index (χ4n) is 5.85.